The first-order valence-electron chi connectivity index (χ1n) is 5.77. The highest BCUT2D eigenvalue weighted by Crippen LogP contribution is 2.16. The number of likely N-dealkylation sites (N-methyl/N-ethyl adjacent to an activating group) is 1. The van der Waals surface area contributed by atoms with E-state index < -0.39 is 0 Å². The van der Waals surface area contributed by atoms with Crippen molar-refractivity contribution in [3.63, 3.8) is 0 Å². The standard InChI is InChI=1S/C10H17N5OS/c1-3-14-4-6-15(7-5-14)9(16)8-12-13-10(11-2)17-8/h3-7H2,1-2H3,(H,11,13). The minimum absolute atomic E-state index is 0.000229. The lowest BCUT2D eigenvalue weighted by molar-refractivity contribution is 0.0642. The van der Waals surface area contributed by atoms with Crippen LogP contribution >= 0.6 is 11.3 Å². The molecule has 7 heteroatoms. The van der Waals surface area contributed by atoms with Crippen molar-refractivity contribution in [2.45, 2.75) is 6.92 Å². The van der Waals surface area contributed by atoms with Crippen molar-refractivity contribution >= 4 is 22.4 Å². The molecule has 0 spiro atoms. The number of anilines is 1. The fraction of sp³-hybridized carbons (Fsp3) is 0.700. The summed E-state index contributed by atoms with van der Waals surface area (Å²) in [4.78, 5) is 16.3. The summed E-state index contributed by atoms with van der Waals surface area (Å²) in [5, 5.41) is 11.8. The highest BCUT2D eigenvalue weighted by Gasteiger charge is 2.23. The van der Waals surface area contributed by atoms with Crippen LogP contribution in [0.5, 0.6) is 0 Å². The lowest BCUT2D eigenvalue weighted by atomic mass is 10.3. The Balaban J connectivity index is 1.96. The quantitative estimate of drug-likeness (QED) is 0.845. The van der Waals surface area contributed by atoms with Gasteiger partial charge in [-0.3, -0.25) is 4.79 Å². The molecule has 0 atom stereocenters. The molecule has 0 aromatic carbocycles. The molecule has 0 bridgehead atoms. The van der Waals surface area contributed by atoms with Crippen LogP contribution in [0.1, 0.15) is 16.7 Å². The SMILES string of the molecule is CCN1CCN(C(=O)c2nnc(NC)s2)CC1. The molecule has 1 aliphatic heterocycles. The smallest absolute Gasteiger partial charge is 0.284 e. The number of hydrogen-bond acceptors (Lipinski definition) is 6. The van der Waals surface area contributed by atoms with E-state index in [0.717, 1.165) is 32.7 Å². The third-order valence-electron chi connectivity index (χ3n) is 2.93. The van der Waals surface area contributed by atoms with Crippen molar-refractivity contribution in [3.05, 3.63) is 5.01 Å². The van der Waals surface area contributed by atoms with Gasteiger partial charge in [0.2, 0.25) is 10.1 Å². The van der Waals surface area contributed by atoms with Crippen LogP contribution in [-0.2, 0) is 0 Å². The Bertz CT molecular complexity index is 386. The van der Waals surface area contributed by atoms with Gasteiger partial charge in [-0.25, -0.2) is 0 Å². The van der Waals surface area contributed by atoms with Crippen molar-refractivity contribution in [1.82, 2.24) is 20.0 Å². The zero-order valence-electron chi connectivity index (χ0n) is 10.1. The third kappa shape index (κ3) is 2.73. The Kier molecular flexibility index (Phi) is 3.90. The summed E-state index contributed by atoms with van der Waals surface area (Å²) in [6.45, 7) is 6.63. The third-order valence-corrected chi connectivity index (χ3v) is 3.86. The van der Waals surface area contributed by atoms with Gasteiger partial charge < -0.3 is 15.1 Å². The summed E-state index contributed by atoms with van der Waals surface area (Å²) in [6, 6.07) is 0. The van der Waals surface area contributed by atoms with Crippen LogP contribution < -0.4 is 5.32 Å². The molecular weight excluding hydrogens is 238 g/mol. The average Bonchev–Trinajstić information content (AvgIpc) is 2.87. The minimum Gasteiger partial charge on any atom is -0.363 e. The van der Waals surface area contributed by atoms with Gasteiger partial charge in [-0.2, -0.15) is 0 Å². The fourth-order valence-corrected chi connectivity index (χ4v) is 2.48. The first-order valence-corrected chi connectivity index (χ1v) is 6.59. The van der Waals surface area contributed by atoms with E-state index in [4.69, 9.17) is 0 Å². The Morgan fingerprint density at radius 1 is 1.35 bits per heavy atom. The predicted molar refractivity (Wildman–Crippen MR) is 67.5 cm³/mol. The van der Waals surface area contributed by atoms with E-state index in [-0.39, 0.29) is 5.91 Å². The first-order chi connectivity index (χ1) is 8.24. The van der Waals surface area contributed by atoms with Gasteiger partial charge in [-0.15, -0.1) is 10.2 Å². The molecule has 1 aliphatic rings. The van der Waals surface area contributed by atoms with Gasteiger partial charge in [-0.05, 0) is 6.54 Å². The van der Waals surface area contributed by atoms with Crippen LogP contribution in [0.2, 0.25) is 0 Å². The van der Waals surface area contributed by atoms with E-state index in [0.29, 0.717) is 10.1 Å². The normalized spacial score (nSPS) is 17.2. The summed E-state index contributed by atoms with van der Waals surface area (Å²) in [5.41, 5.74) is 0. The molecule has 0 saturated carbocycles. The molecule has 1 aromatic rings. The Morgan fingerprint density at radius 3 is 2.59 bits per heavy atom. The van der Waals surface area contributed by atoms with Gasteiger partial charge >= 0.3 is 0 Å². The molecule has 2 rings (SSSR count). The summed E-state index contributed by atoms with van der Waals surface area (Å²) < 4.78 is 0. The number of amides is 1. The number of rotatable bonds is 3. The second kappa shape index (κ2) is 5.42. The fourth-order valence-electron chi connectivity index (χ4n) is 1.81. The second-order valence-corrected chi connectivity index (χ2v) is 4.87. The highest BCUT2D eigenvalue weighted by molar-refractivity contribution is 7.17. The number of hydrogen-bond donors (Lipinski definition) is 1. The maximum Gasteiger partial charge on any atom is 0.284 e. The predicted octanol–water partition coefficient (Wildman–Crippen LogP) is 0.357. The van der Waals surface area contributed by atoms with Crippen LogP contribution in [-0.4, -0.2) is 65.7 Å². The van der Waals surface area contributed by atoms with Gasteiger partial charge in [0.1, 0.15) is 0 Å². The van der Waals surface area contributed by atoms with Crippen molar-refractivity contribution < 1.29 is 4.79 Å². The van der Waals surface area contributed by atoms with Crippen LogP contribution in [0.4, 0.5) is 5.13 Å². The molecule has 1 aromatic heterocycles. The molecular formula is C10H17N5OS. The second-order valence-electron chi connectivity index (χ2n) is 3.89. The monoisotopic (exact) mass is 255 g/mol. The van der Waals surface area contributed by atoms with Crippen molar-refractivity contribution in [2.24, 2.45) is 0 Å². The topological polar surface area (TPSA) is 61.4 Å². The number of aromatic nitrogens is 2. The first kappa shape index (κ1) is 12.3. The van der Waals surface area contributed by atoms with Crippen LogP contribution in [0, 0.1) is 0 Å². The molecule has 94 valence electrons. The molecule has 2 heterocycles. The van der Waals surface area contributed by atoms with Gasteiger partial charge in [0.05, 0.1) is 0 Å². The van der Waals surface area contributed by atoms with Crippen molar-refractivity contribution in [3.8, 4) is 0 Å². The van der Waals surface area contributed by atoms with Crippen LogP contribution in [0.3, 0.4) is 0 Å². The van der Waals surface area contributed by atoms with E-state index in [1.54, 1.807) is 7.05 Å². The molecule has 0 aliphatic carbocycles. The van der Waals surface area contributed by atoms with E-state index in [1.165, 1.54) is 11.3 Å². The Hall–Kier alpha value is -1.21. The number of nitrogens with zero attached hydrogens (tertiary/aromatic N) is 4. The summed E-state index contributed by atoms with van der Waals surface area (Å²) in [5.74, 6) is -0.000229. The average molecular weight is 255 g/mol. The van der Waals surface area contributed by atoms with E-state index >= 15 is 0 Å². The maximum atomic E-state index is 12.1. The van der Waals surface area contributed by atoms with E-state index in [2.05, 4.69) is 27.3 Å². The Morgan fingerprint density at radius 2 is 2.06 bits per heavy atom. The molecule has 1 saturated heterocycles. The Labute approximate surface area is 105 Å². The molecule has 0 unspecified atom stereocenters. The lowest BCUT2D eigenvalue weighted by Crippen LogP contribution is -2.48. The zero-order chi connectivity index (χ0) is 12.3. The number of carbonyl (C=O) groups excluding carboxylic acids is 1. The van der Waals surface area contributed by atoms with Gasteiger partial charge in [-0.1, -0.05) is 18.3 Å². The zero-order valence-corrected chi connectivity index (χ0v) is 11.0. The maximum absolute atomic E-state index is 12.1. The largest absolute Gasteiger partial charge is 0.363 e. The molecule has 1 amide bonds. The van der Waals surface area contributed by atoms with E-state index in [9.17, 15) is 4.79 Å². The van der Waals surface area contributed by atoms with Crippen LogP contribution in [0.25, 0.3) is 0 Å². The van der Waals surface area contributed by atoms with Crippen LogP contribution in [0.15, 0.2) is 0 Å². The van der Waals surface area contributed by atoms with Gasteiger partial charge in [0.25, 0.3) is 5.91 Å². The van der Waals surface area contributed by atoms with Gasteiger partial charge in [0.15, 0.2) is 0 Å². The summed E-state index contributed by atoms with van der Waals surface area (Å²) >= 11 is 1.30. The highest BCUT2D eigenvalue weighted by atomic mass is 32.1. The molecule has 1 fully saturated rings. The lowest BCUT2D eigenvalue weighted by Gasteiger charge is -2.33. The number of piperazine rings is 1. The van der Waals surface area contributed by atoms with Gasteiger partial charge in [0, 0.05) is 33.2 Å². The number of carbonyl (C=O) groups is 1. The van der Waals surface area contributed by atoms with E-state index in [1.807, 2.05) is 4.90 Å². The van der Waals surface area contributed by atoms with Crippen molar-refractivity contribution in [1.29, 1.82) is 0 Å². The molecule has 6 nitrogen and oxygen atoms in total. The summed E-state index contributed by atoms with van der Waals surface area (Å²) in [7, 11) is 1.77. The minimum atomic E-state index is -0.000229. The van der Waals surface area contributed by atoms with Crippen molar-refractivity contribution in [2.75, 3.05) is 45.1 Å². The number of nitrogens with one attached hydrogen (secondary N) is 1. The summed E-state index contributed by atoms with van der Waals surface area (Å²) in [6.07, 6.45) is 0. The molecule has 0 radical (unpaired) electrons. The molecule has 17 heavy (non-hydrogen) atoms. The molecule has 1 N–H and O–H groups in total.